The van der Waals surface area contributed by atoms with Crippen LogP contribution in [0.1, 0.15) is 0 Å². The average molecular weight is 475 g/mol. The third kappa shape index (κ3) is 3.52. The van der Waals surface area contributed by atoms with Gasteiger partial charge in [0.05, 0.1) is 16.6 Å². The van der Waals surface area contributed by atoms with E-state index >= 15 is 0 Å². The molecule has 0 aliphatic carbocycles. The van der Waals surface area contributed by atoms with Crippen LogP contribution < -0.4 is 5.56 Å². The largest absolute Gasteiger partial charge is 0.268 e. The van der Waals surface area contributed by atoms with Gasteiger partial charge < -0.3 is 0 Å². The molecule has 0 saturated carbocycles. The number of benzene rings is 5. The normalized spacial score (nSPS) is 11.4. The Kier molecular flexibility index (Phi) is 4.93. The highest BCUT2D eigenvalue weighted by atomic mass is 16.1. The highest BCUT2D eigenvalue weighted by molar-refractivity contribution is 6.00. The van der Waals surface area contributed by atoms with Crippen molar-refractivity contribution < 1.29 is 0 Å². The van der Waals surface area contributed by atoms with Crippen LogP contribution in [0.2, 0.25) is 0 Å². The molecule has 7 rings (SSSR count). The number of hydrogen-bond acceptors (Lipinski definition) is 2. The number of fused-ring (bicyclic) bond motifs is 4. The smallest absolute Gasteiger partial charge is 0.266 e. The molecule has 0 N–H and O–H groups in total. The van der Waals surface area contributed by atoms with Crippen LogP contribution in [0.4, 0.5) is 0 Å². The van der Waals surface area contributed by atoms with Gasteiger partial charge in [-0.05, 0) is 45.8 Å². The molecule has 0 atom stereocenters. The summed E-state index contributed by atoms with van der Waals surface area (Å²) >= 11 is 0. The zero-order valence-electron chi connectivity index (χ0n) is 20.0. The Morgan fingerprint density at radius 3 is 1.95 bits per heavy atom. The van der Waals surface area contributed by atoms with E-state index < -0.39 is 0 Å². The van der Waals surface area contributed by atoms with E-state index in [-0.39, 0.29) is 5.56 Å². The van der Waals surface area contributed by atoms with Gasteiger partial charge in [-0.25, -0.2) is 4.98 Å². The van der Waals surface area contributed by atoms with Crippen molar-refractivity contribution in [2.24, 2.45) is 0 Å². The maximum Gasteiger partial charge on any atom is 0.266 e. The van der Waals surface area contributed by atoms with Crippen molar-refractivity contribution in [2.45, 2.75) is 0 Å². The maximum atomic E-state index is 14.3. The van der Waals surface area contributed by atoms with Gasteiger partial charge in [0.15, 0.2) is 0 Å². The molecule has 0 bridgehead atoms. The summed E-state index contributed by atoms with van der Waals surface area (Å²) in [4.78, 5) is 19.3. The number of pyridine rings is 1. The van der Waals surface area contributed by atoms with Crippen LogP contribution in [0.3, 0.4) is 0 Å². The molecular formula is C34H22N2O. The molecule has 5 aromatic carbocycles. The average Bonchev–Trinajstić information content (AvgIpc) is 2.97. The Bertz CT molecular complexity index is 1990. The SMILES string of the molecule is O=c1c2cc(-c3ccccc3)ccc2nc2c3ccccc3cc(-c3ccccc3-c3ccccc3)n12. The fraction of sp³-hybridized carbons (Fsp3) is 0. The third-order valence-corrected chi connectivity index (χ3v) is 7.00. The molecule has 0 aliphatic heterocycles. The Labute approximate surface area is 213 Å². The molecule has 3 nitrogen and oxygen atoms in total. The quantitative estimate of drug-likeness (QED) is 0.192. The highest BCUT2D eigenvalue weighted by Crippen LogP contribution is 2.35. The second-order valence-corrected chi connectivity index (χ2v) is 9.20. The molecule has 0 spiro atoms. The van der Waals surface area contributed by atoms with E-state index in [1.165, 1.54) is 0 Å². The van der Waals surface area contributed by atoms with Gasteiger partial charge in [0.1, 0.15) is 5.65 Å². The lowest BCUT2D eigenvalue weighted by Crippen LogP contribution is -2.18. The van der Waals surface area contributed by atoms with Crippen molar-refractivity contribution in [2.75, 3.05) is 0 Å². The van der Waals surface area contributed by atoms with E-state index in [4.69, 9.17) is 4.98 Å². The second-order valence-electron chi connectivity index (χ2n) is 9.20. The zero-order chi connectivity index (χ0) is 24.8. The van der Waals surface area contributed by atoms with Crippen molar-refractivity contribution in [3.05, 3.63) is 144 Å². The van der Waals surface area contributed by atoms with Crippen LogP contribution >= 0.6 is 0 Å². The predicted octanol–water partition coefficient (Wildman–Crippen LogP) is 8.00. The van der Waals surface area contributed by atoms with E-state index in [1.807, 2.05) is 84.9 Å². The summed E-state index contributed by atoms with van der Waals surface area (Å²) < 4.78 is 1.79. The molecule has 174 valence electrons. The maximum absolute atomic E-state index is 14.3. The van der Waals surface area contributed by atoms with Crippen molar-refractivity contribution >= 4 is 27.3 Å². The molecule has 0 fully saturated rings. The molecule has 0 amide bonds. The van der Waals surface area contributed by atoms with Gasteiger partial charge in [0, 0.05) is 10.9 Å². The molecule has 0 unspecified atom stereocenters. The number of aromatic nitrogens is 2. The topological polar surface area (TPSA) is 34.4 Å². The van der Waals surface area contributed by atoms with Crippen LogP contribution in [-0.4, -0.2) is 9.38 Å². The predicted molar refractivity (Wildman–Crippen MR) is 153 cm³/mol. The molecule has 2 aromatic heterocycles. The molecule has 3 heteroatoms. The van der Waals surface area contributed by atoms with E-state index in [1.54, 1.807) is 4.40 Å². The summed E-state index contributed by atoms with van der Waals surface area (Å²) in [7, 11) is 0. The van der Waals surface area contributed by atoms with Crippen molar-refractivity contribution in [1.82, 2.24) is 9.38 Å². The molecule has 2 heterocycles. The van der Waals surface area contributed by atoms with Crippen LogP contribution in [0.15, 0.2) is 138 Å². The first-order valence-corrected chi connectivity index (χ1v) is 12.4. The Morgan fingerprint density at radius 2 is 1.16 bits per heavy atom. The van der Waals surface area contributed by atoms with Crippen molar-refractivity contribution in [1.29, 1.82) is 0 Å². The first-order chi connectivity index (χ1) is 18.3. The summed E-state index contributed by atoms with van der Waals surface area (Å²) in [6.45, 7) is 0. The Hall–Kier alpha value is -5.02. The van der Waals surface area contributed by atoms with Crippen LogP contribution in [0.5, 0.6) is 0 Å². The number of nitrogens with zero attached hydrogens (tertiary/aromatic N) is 2. The first kappa shape index (κ1) is 21.3. The van der Waals surface area contributed by atoms with Crippen molar-refractivity contribution in [3.8, 4) is 33.5 Å². The highest BCUT2D eigenvalue weighted by Gasteiger charge is 2.17. The molecule has 7 aromatic rings. The van der Waals surface area contributed by atoms with Gasteiger partial charge >= 0.3 is 0 Å². The van der Waals surface area contributed by atoms with E-state index in [9.17, 15) is 4.79 Å². The van der Waals surface area contributed by atoms with Gasteiger partial charge in [-0.1, -0.05) is 115 Å². The minimum absolute atomic E-state index is 0.0681. The summed E-state index contributed by atoms with van der Waals surface area (Å²) in [5, 5.41) is 2.61. The molecule has 0 saturated heterocycles. The summed E-state index contributed by atoms with van der Waals surface area (Å²) in [5.41, 5.74) is 7.37. The second kappa shape index (κ2) is 8.58. The van der Waals surface area contributed by atoms with E-state index in [0.29, 0.717) is 16.6 Å². The summed E-state index contributed by atoms with van der Waals surface area (Å²) in [5.74, 6) is 0. The molecule has 37 heavy (non-hydrogen) atoms. The number of hydrogen-bond donors (Lipinski definition) is 0. The third-order valence-electron chi connectivity index (χ3n) is 7.00. The Balaban J connectivity index is 1.61. The zero-order valence-corrected chi connectivity index (χ0v) is 20.0. The number of rotatable bonds is 3. The van der Waals surface area contributed by atoms with Crippen molar-refractivity contribution in [3.63, 3.8) is 0 Å². The van der Waals surface area contributed by atoms with Gasteiger partial charge in [0.2, 0.25) is 0 Å². The van der Waals surface area contributed by atoms with E-state index in [0.717, 1.165) is 44.3 Å². The van der Waals surface area contributed by atoms with Crippen LogP contribution in [0.25, 0.3) is 60.8 Å². The van der Waals surface area contributed by atoms with E-state index in [2.05, 4.69) is 48.5 Å². The molecular weight excluding hydrogens is 452 g/mol. The lowest BCUT2D eigenvalue weighted by molar-refractivity contribution is 1.10. The Morgan fingerprint density at radius 1 is 0.514 bits per heavy atom. The van der Waals surface area contributed by atoms with Gasteiger partial charge in [-0.2, -0.15) is 0 Å². The minimum atomic E-state index is -0.0681. The van der Waals surface area contributed by atoms with Crippen LogP contribution in [0, 0.1) is 0 Å². The van der Waals surface area contributed by atoms with Gasteiger partial charge in [0.25, 0.3) is 5.56 Å². The molecule has 0 radical (unpaired) electrons. The fourth-order valence-electron chi connectivity index (χ4n) is 5.21. The molecule has 0 aliphatic rings. The van der Waals surface area contributed by atoms with Gasteiger partial charge in [-0.3, -0.25) is 9.20 Å². The van der Waals surface area contributed by atoms with Gasteiger partial charge in [-0.15, -0.1) is 0 Å². The first-order valence-electron chi connectivity index (χ1n) is 12.4. The van der Waals surface area contributed by atoms with Crippen LogP contribution in [-0.2, 0) is 0 Å². The summed E-state index contributed by atoms with van der Waals surface area (Å²) in [6.07, 6.45) is 0. The monoisotopic (exact) mass is 474 g/mol. The fourth-order valence-corrected chi connectivity index (χ4v) is 5.21. The standard InChI is InChI=1S/C34H22N2O/c37-34-30-21-25(23-11-3-1-4-12-23)19-20-31(30)35-33-28-17-8-7-15-26(28)22-32(36(33)34)29-18-10-9-16-27(29)24-13-5-2-6-14-24/h1-22H. The summed E-state index contributed by atoms with van der Waals surface area (Å²) in [6, 6.07) is 44.9. The lowest BCUT2D eigenvalue weighted by Gasteiger charge is -2.16. The lowest BCUT2D eigenvalue weighted by atomic mass is 9.96. The minimum Gasteiger partial charge on any atom is -0.268 e.